The highest BCUT2D eigenvalue weighted by Crippen LogP contribution is 2.40. The van der Waals surface area contributed by atoms with Gasteiger partial charge in [0, 0.05) is 24.7 Å². The fourth-order valence-electron chi connectivity index (χ4n) is 2.54. The third kappa shape index (κ3) is 2.93. The van der Waals surface area contributed by atoms with Crippen LogP contribution in [0.3, 0.4) is 0 Å². The number of pyridine rings is 1. The number of halogens is 3. The highest BCUT2D eigenvalue weighted by Gasteiger charge is 2.38. The quantitative estimate of drug-likeness (QED) is 0.942. The summed E-state index contributed by atoms with van der Waals surface area (Å²) >= 11 is 0. The first kappa shape index (κ1) is 15.5. The molecule has 0 aliphatic heterocycles. The van der Waals surface area contributed by atoms with E-state index in [4.69, 9.17) is 0 Å². The van der Waals surface area contributed by atoms with Crippen LogP contribution in [0.5, 0.6) is 0 Å². The van der Waals surface area contributed by atoms with Gasteiger partial charge in [-0.05, 0) is 31.9 Å². The molecular formula is C15H15F3N4O. The first-order valence-corrected chi connectivity index (χ1v) is 7.16. The molecule has 5 nitrogen and oxygen atoms in total. The summed E-state index contributed by atoms with van der Waals surface area (Å²) in [5.74, 6) is -0.178. The predicted octanol–water partition coefficient (Wildman–Crippen LogP) is 3.27. The number of nitrogens with zero attached hydrogens (tertiary/aromatic N) is 3. The van der Waals surface area contributed by atoms with E-state index in [0.717, 1.165) is 17.5 Å². The molecule has 2 heterocycles. The Hall–Kier alpha value is -2.38. The Morgan fingerprint density at radius 1 is 1.39 bits per heavy atom. The summed E-state index contributed by atoms with van der Waals surface area (Å²) in [7, 11) is 1.36. The highest BCUT2D eigenvalue weighted by atomic mass is 19.4. The number of carbonyl (C=O) groups excluding carboxylic acids is 1. The van der Waals surface area contributed by atoms with Crippen molar-refractivity contribution in [3.8, 4) is 0 Å². The Balaban J connectivity index is 1.91. The topological polar surface area (TPSA) is 59.8 Å². The first-order valence-electron chi connectivity index (χ1n) is 7.16. The lowest BCUT2D eigenvalue weighted by Crippen LogP contribution is -2.17. The SMILES string of the molecule is Cc1c(C(F)(F)F)nn(C)c1NC(=O)c1cccnc1C1CC1. The Morgan fingerprint density at radius 3 is 2.65 bits per heavy atom. The van der Waals surface area contributed by atoms with E-state index in [1.807, 2.05) is 0 Å². The van der Waals surface area contributed by atoms with Gasteiger partial charge < -0.3 is 5.32 Å². The van der Waals surface area contributed by atoms with Gasteiger partial charge in [0.15, 0.2) is 5.69 Å². The van der Waals surface area contributed by atoms with E-state index in [-0.39, 0.29) is 17.3 Å². The molecular weight excluding hydrogens is 309 g/mol. The number of aromatic nitrogens is 3. The lowest BCUT2D eigenvalue weighted by atomic mass is 10.1. The average Bonchev–Trinajstić information content (AvgIpc) is 3.28. The van der Waals surface area contributed by atoms with E-state index in [1.54, 1.807) is 18.3 Å². The van der Waals surface area contributed by atoms with Gasteiger partial charge in [0.1, 0.15) is 5.82 Å². The zero-order valence-corrected chi connectivity index (χ0v) is 12.6. The molecule has 0 atom stereocenters. The number of rotatable bonds is 3. The van der Waals surface area contributed by atoms with Crippen LogP contribution >= 0.6 is 0 Å². The molecule has 122 valence electrons. The fraction of sp³-hybridized carbons (Fsp3) is 0.400. The van der Waals surface area contributed by atoms with Gasteiger partial charge in [0.05, 0.1) is 11.3 Å². The van der Waals surface area contributed by atoms with E-state index in [0.29, 0.717) is 11.3 Å². The third-order valence-electron chi connectivity index (χ3n) is 3.83. The van der Waals surface area contributed by atoms with Crippen LogP contribution in [0.4, 0.5) is 19.0 Å². The van der Waals surface area contributed by atoms with E-state index in [2.05, 4.69) is 15.4 Å². The number of aryl methyl sites for hydroxylation is 1. The van der Waals surface area contributed by atoms with Crippen molar-refractivity contribution in [1.82, 2.24) is 14.8 Å². The molecule has 23 heavy (non-hydrogen) atoms. The molecule has 2 aromatic rings. The van der Waals surface area contributed by atoms with Gasteiger partial charge in [-0.1, -0.05) is 0 Å². The Kier molecular flexibility index (Phi) is 3.62. The van der Waals surface area contributed by atoms with Crippen LogP contribution in [0.1, 0.15) is 46.1 Å². The van der Waals surface area contributed by atoms with Crippen molar-refractivity contribution in [1.29, 1.82) is 0 Å². The number of amides is 1. The van der Waals surface area contributed by atoms with Crippen LogP contribution in [0.15, 0.2) is 18.3 Å². The van der Waals surface area contributed by atoms with Gasteiger partial charge in [0.2, 0.25) is 0 Å². The van der Waals surface area contributed by atoms with Crippen molar-refractivity contribution < 1.29 is 18.0 Å². The predicted molar refractivity (Wildman–Crippen MR) is 77.1 cm³/mol. The minimum Gasteiger partial charge on any atom is -0.306 e. The third-order valence-corrected chi connectivity index (χ3v) is 3.83. The molecule has 0 saturated heterocycles. The summed E-state index contributed by atoms with van der Waals surface area (Å²) in [4.78, 5) is 16.7. The second kappa shape index (κ2) is 5.36. The van der Waals surface area contributed by atoms with Crippen molar-refractivity contribution in [3.05, 3.63) is 40.8 Å². The molecule has 1 aliphatic rings. The molecule has 1 amide bonds. The molecule has 1 saturated carbocycles. The fourth-order valence-corrected chi connectivity index (χ4v) is 2.54. The molecule has 1 fully saturated rings. The molecule has 1 aliphatic carbocycles. The smallest absolute Gasteiger partial charge is 0.306 e. The van der Waals surface area contributed by atoms with Crippen molar-refractivity contribution in [2.45, 2.75) is 31.9 Å². The van der Waals surface area contributed by atoms with Crippen LogP contribution in [0.25, 0.3) is 0 Å². The Morgan fingerprint density at radius 2 is 2.09 bits per heavy atom. The zero-order chi connectivity index (χ0) is 16.8. The standard InChI is InChI=1S/C15H15F3N4O/c1-8-12(15(16,17)18)21-22(2)13(8)20-14(23)10-4-3-7-19-11(10)9-5-6-9/h3-4,7,9H,5-6H2,1-2H3,(H,20,23). The van der Waals surface area contributed by atoms with Crippen molar-refractivity contribution in [3.63, 3.8) is 0 Å². The molecule has 0 aromatic carbocycles. The Bertz CT molecular complexity index is 763. The van der Waals surface area contributed by atoms with Crippen LogP contribution in [0, 0.1) is 6.92 Å². The molecule has 3 rings (SSSR count). The summed E-state index contributed by atoms with van der Waals surface area (Å²) in [6.45, 7) is 1.29. The minimum atomic E-state index is -4.56. The first-order chi connectivity index (χ1) is 10.8. The largest absolute Gasteiger partial charge is 0.435 e. The number of nitrogens with one attached hydrogen (secondary N) is 1. The van der Waals surface area contributed by atoms with Gasteiger partial charge >= 0.3 is 6.18 Å². The number of anilines is 1. The van der Waals surface area contributed by atoms with Crippen LogP contribution in [-0.2, 0) is 13.2 Å². The lowest BCUT2D eigenvalue weighted by Gasteiger charge is -2.10. The van der Waals surface area contributed by atoms with Crippen molar-refractivity contribution >= 4 is 11.7 Å². The maximum atomic E-state index is 12.9. The van der Waals surface area contributed by atoms with Crippen LogP contribution < -0.4 is 5.32 Å². The van der Waals surface area contributed by atoms with Crippen molar-refractivity contribution in [2.24, 2.45) is 7.05 Å². The van der Waals surface area contributed by atoms with Crippen LogP contribution in [0.2, 0.25) is 0 Å². The lowest BCUT2D eigenvalue weighted by molar-refractivity contribution is -0.141. The summed E-state index contributed by atoms with van der Waals surface area (Å²) in [6, 6.07) is 3.27. The van der Waals surface area contributed by atoms with Gasteiger partial charge in [0.25, 0.3) is 5.91 Å². The monoisotopic (exact) mass is 324 g/mol. The molecule has 0 radical (unpaired) electrons. The second-order valence-corrected chi connectivity index (χ2v) is 5.61. The summed E-state index contributed by atoms with van der Waals surface area (Å²) < 4.78 is 39.7. The second-order valence-electron chi connectivity index (χ2n) is 5.61. The van der Waals surface area contributed by atoms with E-state index in [1.165, 1.54) is 14.0 Å². The van der Waals surface area contributed by atoms with Gasteiger partial charge in [-0.2, -0.15) is 18.3 Å². The summed E-state index contributed by atoms with van der Waals surface area (Å²) in [5, 5.41) is 5.99. The highest BCUT2D eigenvalue weighted by molar-refractivity contribution is 6.05. The normalized spacial score (nSPS) is 14.8. The molecule has 1 N–H and O–H groups in total. The minimum absolute atomic E-state index is 0.0351. The summed E-state index contributed by atoms with van der Waals surface area (Å²) in [6.07, 6.45) is -1.000. The average molecular weight is 324 g/mol. The molecule has 2 aromatic heterocycles. The van der Waals surface area contributed by atoms with Gasteiger partial charge in [-0.15, -0.1) is 0 Å². The number of alkyl halides is 3. The molecule has 8 heteroatoms. The Labute approximate surface area is 130 Å². The zero-order valence-electron chi connectivity index (χ0n) is 12.6. The van der Waals surface area contributed by atoms with E-state index in [9.17, 15) is 18.0 Å². The van der Waals surface area contributed by atoms with E-state index < -0.39 is 17.8 Å². The van der Waals surface area contributed by atoms with Crippen LogP contribution in [-0.4, -0.2) is 20.7 Å². The molecule has 0 spiro atoms. The maximum absolute atomic E-state index is 12.9. The van der Waals surface area contributed by atoms with Crippen molar-refractivity contribution in [2.75, 3.05) is 5.32 Å². The number of hydrogen-bond donors (Lipinski definition) is 1. The molecule has 0 unspecified atom stereocenters. The van der Waals surface area contributed by atoms with Gasteiger partial charge in [-0.25, -0.2) is 0 Å². The number of carbonyl (C=O) groups is 1. The molecule has 0 bridgehead atoms. The summed E-state index contributed by atoms with van der Waals surface area (Å²) in [5.41, 5.74) is -0.0147. The maximum Gasteiger partial charge on any atom is 0.435 e. The van der Waals surface area contributed by atoms with Gasteiger partial charge in [-0.3, -0.25) is 14.5 Å². The van der Waals surface area contributed by atoms with E-state index >= 15 is 0 Å². The number of hydrogen-bond acceptors (Lipinski definition) is 3.